The number of hydrogen-bond donors (Lipinski definition) is 2. The van der Waals surface area contributed by atoms with Gasteiger partial charge in [0, 0.05) is 13.0 Å². The zero-order chi connectivity index (χ0) is 15.2. The summed E-state index contributed by atoms with van der Waals surface area (Å²) in [7, 11) is 0. The molecular weight excluding hydrogens is 300 g/mol. The molecule has 1 amide bonds. The molecule has 122 valence electrons. The molecule has 1 aliphatic carbocycles. The van der Waals surface area contributed by atoms with Gasteiger partial charge in [0.05, 0.1) is 5.54 Å². The molecule has 1 saturated carbocycles. The lowest BCUT2D eigenvalue weighted by molar-refractivity contribution is -0.129. The van der Waals surface area contributed by atoms with E-state index in [1.165, 1.54) is 11.1 Å². The Kier molecular flexibility index (Phi) is 4.73. The minimum absolute atomic E-state index is 0. The molecule has 22 heavy (non-hydrogen) atoms. The summed E-state index contributed by atoms with van der Waals surface area (Å²) in [6, 6.07) is 4.15. The lowest BCUT2D eigenvalue weighted by Crippen LogP contribution is -2.56. The van der Waals surface area contributed by atoms with Crippen molar-refractivity contribution in [2.24, 2.45) is 11.7 Å². The first kappa shape index (κ1) is 17.1. The van der Waals surface area contributed by atoms with Gasteiger partial charge in [-0.3, -0.25) is 4.79 Å². The van der Waals surface area contributed by atoms with E-state index in [2.05, 4.69) is 25.2 Å². The summed E-state index contributed by atoms with van der Waals surface area (Å²) in [5, 5.41) is 3.12. The second kappa shape index (κ2) is 6.09. The van der Waals surface area contributed by atoms with Crippen LogP contribution in [0.2, 0.25) is 0 Å². The van der Waals surface area contributed by atoms with Crippen molar-refractivity contribution >= 4 is 18.3 Å². The van der Waals surface area contributed by atoms with Crippen LogP contribution in [0.15, 0.2) is 12.1 Å². The molecule has 0 bridgehead atoms. The first-order chi connectivity index (χ1) is 9.93. The van der Waals surface area contributed by atoms with Crippen LogP contribution in [0.1, 0.15) is 36.5 Å². The Morgan fingerprint density at radius 1 is 1.36 bits per heavy atom. The van der Waals surface area contributed by atoms with Gasteiger partial charge in [0.25, 0.3) is 5.91 Å². The van der Waals surface area contributed by atoms with E-state index >= 15 is 0 Å². The Morgan fingerprint density at radius 2 is 2.00 bits per heavy atom. The molecule has 0 radical (unpaired) electrons. The number of rotatable bonds is 4. The zero-order valence-electron chi connectivity index (χ0n) is 13.4. The summed E-state index contributed by atoms with van der Waals surface area (Å²) in [5.74, 6) is 1.32. The fourth-order valence-corrected chi connectivity index (χ4v) is 3.06. The van der Waals surface area contributed by atoms with E-state index in [1.807, 2.05) is 13.0 Å². The molecule has 3 rings (SSSR count). The Bertz CT molecular complexity index is 555. The molecule has 4 nitrogen and oxygen atoms in total. The molecule has 1 heterocycles. The van der Waals surface area contributed by atoms with Crippen LogP contribution in [-0.2, 0) is 11.2 Å². The van der Waals surface area contributed by atoms with Gasteiger partial charge in [-0.2, -0.15) is 0 Å². The number of halogens is 1. The number of benzene rings is 1. The highest BCUT2D eigenvalue weighted by Crippen LogP contribution is 2.39. The molecule has 2 aliphatic rings. The quantitative estimate of drug-likeness (QED) is 0.893. The fourth-order valence-electron chi connectivity index (χ4n) is 3.06. The largest absolute Gasteiger partial charge is 0.480 e. The van der Waals surface area contributed by atoms with Gasteiger partial charge in [0.2, 0.25) is 0 Å². The normalized spacial score (nSPS) is 22.1. The number of fused-ring (bicyclic) bond motifs is 1. The van der Waals surface area contributed by atoms with Crippen LogP contribution >= 0.6 is 12.4 Å². The first-order valence-corrected chi connectivity index (χ1v) is 7.72. The van der Waals surface area contributed by atoms with Crippen LogP contribution in [-0.4, -0.2) is 24.1 Å². The van der Waals surface area contributed by atoms with E-state index in [4.69, 9.17) is 10.5 Å². The lowest BCUT2D eigenvalue weighted by Gasteiger charge is -2.30. The van der Waals surface area contributed by atoms with Crippen molar-refractivity contribution < 1.29 is 9.53 Å². The van der Waals surface area contributed by atoms with E-state index in [0.29, 0.717) is 18.9 Å². The molecular formula is C17H25ClN2O2. The highest BCUT2D eigenvalue weighted by atomic mass is 35.5. The summed E-state index contributed by atoms with van der Waals surface area (Å²) in [4.78, 5) is 12.5. The molecule has 0 spiro atoms. The third kappa shape index (κ3) is 3.08. The molecule has 2 atom stereocenters. The van der Waals surface area contributed by atoms with Gasteiger partial charge in [-0.05, 0) is 62.3 Å². The number of aryl methyl sites for hydroxylation is 2. The van der Waals surface area contributed by atoms with Crippen molar-refractivity contribution in [2.75, 3.05) is 6.54 Å². The van der Waals surface area contributed by atoms with Crippen LogP contribution in [0.5, 0.6) is 5.75 Å². The number of hydrogen-bond acceptors (Lipinski definition) is 3. The van der Waals surface area contributed by atoms with Crippen molar-refractivity contribution in [2.45, 2.75) is 51.7 Å². The average Bonchev–Trinajstić information content (AvgIpc) is 3.22. The molecule has 1 aromatic rings. The van der Waals surface area contributed by atoms with Gasteiger partial charge in [0.1, 0.15) is 5.75 Å². The van der Waals surface area contributed by atoms with Crippen molar-refractivity contribution in [3.05, 3.63) is 28.8 Å². The van der Waals surface area contributed by atoms with Gasteiger partial charge >= 0.3 is 0 Å². The highest BCUT2D eigenvalue weighted by molar-refractivity contribution is 5.85. The molecule has 0 aromatic heterocycles. The Morgan fingerprint density at radius 3 is 2.59 bits per heavy atom. The monoisotopic (exact) mass is 324 g/mol. The molecule has 0 saturated heterocycles. The maximum atomic E-state index is 12.5. The summed E-state index contributed by atoms with van der Waals surface area (Å²) in [6.07, 6.45) is 2.52. The zero-order valence-corrected chi connectivity index (χ0v) is 14.3. The van der Waals surface area contributed by atoms with Crippen LogP contribution in [0.4, 0.5) is 0 Å². The van der Waals surface area contributed by atoms with Crippen molar-refractivity contribution in [3.63, 3.8) is 0 Å². The Balaban J connectivity index is 0.00000176. The van der Waals surface area contributed by atoms with Gasteiger partial charge in [-0.25, -0.2) is 0 Å². The van der Waals surface area contributed by atoms with Crippen LogP contribution in [0, 0.1) is 19.8 Å². The second-order valence-electron chi connectivity index (χ2n) is 6.74. The number of carbonyl (C=O) groups excluding carboxylic acids is 1. The molecule has 1 aliphatic heterocycles. The smallest absolute Gasteiger partial charge is 0.261 e. The maximum Gasteiger partial charge on any atom is 0.261 e. The topological polar surface area (TPSA) is 64.3 Å². The second-order valence-corrected chi connectivity index (χ2v) is 6.74. The predicted octanol–water partition coefficient (Wildman–Crippen LogP) is 2.27. The number of nitrogens with two attached hydrogens (primary N) is 1. The fraction of sp³-hybridized carbons (Fsp3) is 0.588. The number of carbonyl (C=O) groups is 1. The summed E-state index contributed by atoms with van der Waals surface area (Å²) < 4.78 is 5.84. The van der Waals surface area contributed by atoms with Crippen molar-refractivity contribution in [1.29, 1.82) is 0 Å². The molecule has 1 fully saturated rings. The molecule has 3 N–H and O–H groups in total. The SMILES string of the molecule is Cc1cc2c(cc1C)OC(C(=O)NC(C)(CN)C1CC1)C2.Cl. The lowest BCUT2D eigenvalue weighted by atomic mass is 9.95. The molecule has 1 aromatic carbocycles. The van der Waals surface area contributed by atoms with Crippen molar-refractivity contribution in [1.82, 2.24) is 5.32 Å². The summed E-state index contributed by atoms with van der Waals surface area (Å²) in [5.41, 5.74) is 9.13. The van der Waals surface area contributed by atoms with Crippen LogP contribution < -0.4 is 15.8 Å². The Hall–Kier alpha value is -1.26. The van der Waals surface area contributed by atoms with E-state index in [9.17, 15) is 4.79 Å². The van der Waals surface area contributed by atoms with E-state index in [-0.39, 0.29) is 23.9 Å². The number of amides is 1. The van der Waals surface area contributed by atoms with Crippen LogP contribution in [0.25, 0.3) is 0 Å². The van der Waals surface area contributed by atoms with Crippen LogP contribution in [0.3, 0.4) is 0 Å². The summed E-state index contributed by atoms with van der Waals surface area (Å²) >= 11 is 0. The average molecular weight is 325 g/mol. The first-order valence-electron chi connectivity index (χ1n) is 7.72. The van der Waals surface area contributed by atoms with Gasteiger partial charge in [0.15, 0.2) is 6.10 Å². The van der Waals surface area contributed by atoms with E-state index in [0.717, 1.165) is 24.2 Å². The summed E-state index contributed by atoms with van der Waals surface area (Å²) in [6.45, 7) is 6.66. The number of nitrogens with one attached hydrogen (secondary N) is 1. The third-order valence-electron chi connectivity index (χ3n) is 4.95. The van der Waals surface area contributed by atoms with E-state index < -0.39 is 6.10 Å². The van der Waals surface area contributed by atoms with Gasteiger partial charge in [-0.15, -0.1) is 12.4 Å². The maximum absolute atomic E-state index is 12.5. The Labute approximate surface area is 138 Å². The molecule has 2 unspecified atom stereocenters. The standard InChI is InChI=1S/C17H24N2O2.ClH/c1-10-6-12-8-15(21-14(12)7-11(10)2)16(20)19-17(3,9-18)13-4-5-13;/h6-7,13,15H,4-5,8-9,18H2,1-3H3,(H,19,20);1H. The highest BCUT2D eigenvalue weighted by Gasteiger charge is 2.43. The van der Waals surface area contributed by atoms with Crippen molar-refractivity contribution in [3.8, 4) is 5.75 Å². The minimum Gasteiger partial charge on any atom is -0.480 e. The van der Waals surface area contributed by atoms with Gasteiger partial charge in [-0.1, -0.05) is 6.07 Å². The van der Waals surface area contributed by atoms with Gasteiger partial charge < -0.3 is 15.8 Å². The number of ether oxygens (including phenoxy) is 1. The molecule has 5 heteroatoms. The minimum atomic E-state index is -0.425. The van der Waals surface area contributed by atoms with E-state index in [1.54, 1.807) is 0 Å². The predicted molar refractivity (Wildman–Crippen MR) is 89.6 cm³/mol. The third-order valence-corrected chi connectivity index (χ3v) is 4.95.